The normalized spacial score (nSPS) is 18.7. The Kier molecular flexibility index (Phi) is 4.55. The molecule has 0 aliphatic heterocycles. The lowest BCUT2D eigenvalue weighted by Crippen LogP contribution is -2.31. The molecule has 0 heterocycles. The average Bonchev–Trinajstić information content (AvgIpc) is 2.69. The van der Waals surface area contributed by atoms with Crippen LogP contribution in [0.5, 0.6) is 0 Å². The zero-order chi connectivity index (χ0) is 11.3. The van der Waals surface area contributed by atoms with Gasteiger partial charge in [-0.15, -0.1) is 0 Å². The van der Waals surface area contributed by atoms with Crippen molar-refractivity contribution in [3.05, 3.63) is 0 Å². The second-order valence-electron chi connectivity index (χ2n) is 4.22. The molecule has 4 N–H and O–H groups in total. The van der Waals surface area contributed by atoms with Crippen molar-refractivity contribution in [2.75, 3.05) is 0 Å². The molecule has 0 aromatic heterocycles. The third-order valence-corrected chi connectivity index (χ3v) is 3.05. The Labute approximate surface area is 89.0 Å². The first kappa shape index (κ1) is 12.0. The predicted molar refractivity (Wildman–Crippen MR) is 53.8 cm³/mol. The third kappa shape index (κ3) is 3.87. The average molecular weight is 214 g/mol. The van der Waals surface area contributed by atoms with Crippen molar-refractivity contribution in [3.63, 3.8) is 0 Å². The van der Waals surface area contributed by atoms with E-state index >= 15 is 0 Å². The highest BCUT2D eigenvalue weighted by Crippen LogP contribution is 2.31. The molecule has 1 unspecified atom stereocenters. The van der Waals surface area contributed by atoms with E-state index in [9.17, 15) is 9.59 Å². The third-order valence-electron chi connectivity index (χ3n) is 3.05. The van der Waals surface area contributed by atoms with Gasteiger partial charge in [-0.25, -0.2) is 5.48 Å². The largest absolute Gasteiger partial charge is 0.369 e. The summed E-state index contributed by atoms with van der Waals surface area (Å²) in [5.41, 5.74) is 6.75. The first-order valence-electron chi connectivity index (χ1n) is 5.35. The molecule has 0 bridgehead atoms. The second-order valence-corrected chi connectivity index (χ2v) is 4.22. The molecule has 0 aromatic carbocycles. The van der Waals surface area contributed by atoms with Gasteiger partial charge in [-0.1, -0.05) is 25.7 Å². The molecule has 1 fully saturated rings. The molecule has 1 aliphatic rings. The van der Waals surface area contributed by atoms with Crippen molar-refractivity contribution in [1.82, 2.24) is 5.48 Å². The van der Waals surface area contributed by atoms with Gasteiger partial charge in [0.15, 0.2) is 0 Å². The maximum atomic E-state index is 11.1. The van der Waals surface area contributed by atoms with Crippen molar-refractivity contribution >= 4 is 11.8 Å². The summed E-state index contributed by atoms with van der Waals surface area (Å²) in [4.78, 5) is 22.0. The fraction of sp³-hybridized carbons (Fsp3) is 0.800. The number of rotatable bonds is 5. The van der Waals surface area contributed by atoms with E-state index in [-0.39, 0.29) is 6.42 Å². The predicted octanol–water partition coefficient (Wildman–Crippen LogP) is 0.564. The van der Waals surface area contributed by atoms with Gasteiger partial charge in [-0.3, -0.25) is 14.8 Å². The van der Waals surface area contributed by atoms with Crippen LogP contribution in [-0.4, -0.2) is 17.0 Å². The summed E-state index contributed by atoms with van der Waals surface area (Å²) in [6.45, 7) is 0. The first-order chi connectivity index (χ1) is 7.13. The maximum Gasteiger partial charge on any atom is 0.244 e. The van der Waals surface area contributed by atoms with Crippen molar-refractivity contribution < 1.29 is 14.8 Å². The number of primary amides is 1. The summed E-state index contributed by atoms with van der Waals surface area (Å²) < 4.78 is 0. The van der Waals surface area contributed by atoms with Crippen molar-refractivity contribution in [1.29, 1.82) is 0 Å². The van der Waals surface area contributed by atoms with Crippen LogP contribution in [0.1, 0.15) is 38.5 Å². The van der Waals surface area contributed by atoms with Gasteiger partial charge < -0.3 is 5.73 Å². The van der Waals surface area contributed by atoms with Crippen LogP contribution in [0.25, 0.3) is 0 Å². The molecule has 1 aliphatic carbocycles. The van der Waals surface area contributed by atoms with Crippen LogP contribution in [-0.2, 0) is 9.59 Å². The van der Waals surface area contributed by atoms with Crippen LogP contribution in [0, 0.1) is 11.8 Å². The lowest BCUT2D eigenvalue weighted by molar-refractivity contribution is -0.134. The Morgan fingerprint density at radius 2 is 2.00 bits per heavy atom. The van der Waals surface area contributed by atoms with Gasteiger partial charge in [0, 0.05) is 12.3 Å². The summed E-state index contributed by atoms with van der Waals surface area (Å²) >= 11 is 0. The molecule has 5 nitrogen and oxygen atoms in total. The molecule has 0 radical (unpaired) electrons. The van der Waals surface area contributed by atoms with Gasteiger partial charge in [0.2, 0.25) is 11.8 Å². The fourth-order valence-corrected chi connectivity index (χ4v) is 2.22. The lowest BCUT2D eigenvalue weighted by atomic mass is 9.90. The van der Waals surface area contributed by atoms with E-state index < -0.39 is 17.7 Å². The van der Waals surface area contributed by atoms with Crippen LogP contribution in [0.15, 0.2) is 0 Å². The molecule has 0 aromatic rings. The smallest absolute Gasteiger partial charge is 0.244 e. The van der Waals surface area contributed by atoms with Crippen molar-refractivity contribution in [3.8, 4) is 0 Å². The number of carbonyl (C=O) groups excluding carboxylic acids is 2. The molecule has 0 saturated heterocycles. The molecular weight excluding hydrogens is 196 g/mol. The van der Waals surface area contributed by atoms with Gasteiger partial charge in [0.05, 0.1) is 0 Å². The van der Waals surface area contributed by atoms with Crippen LogP contribution < -0.4 is 11.2 Å². The summed E-state index contributed by atoms with van der Waals surface area (Å²) in [7, 11) is 0. The Balaban J connectivity index is 2.42. The number of amides is 2. The van der Waals surface area contributed by atoms with Gasteiger partial charge in [-0.05, 0) is 12.3 Å². The van der Waals surface area contributed by atoms with Crippen LogP contribution in [0.4, 0.5) is 0 Å². The standard InChI is InChI=1S/C10H18N2O3/c11-10(14)8(6-9(13)12-15)5-7-3-1-2-4-7/h7-8,15H,1-6H2,(H2,11,14)(H,12,13). The van der Waals surface area contributed by atoms with Crippen LogP contribution in [0.3, 0.4) is 0 Å². The molecule has 1 atom stereocenters. The molecule has 0 spiro atoms. The Bertz CT molecular complexity index is 237. The lowest BCUT2D eigenvalue weighted by Gasteiger charge is -2.16. The first-order valence-corrected chi connectivity index (χ1v) is 5.35. The van der Waals surface area contributed by atoms with E-state index in [1.54, 1.807) is 0 Å². The number of hydrogen-bond donors (Lipinski definition) is 3. The van der Waals surface area contributed by atoms with E-state index in [2.05, 4.69) is 0 Å². The monoisotopic (exact) mass is 214 g/mol. The van der Waals surface area contributed by atoms with Crippen LogP contribution >= 0.6 is 0 Å². The van der Waals surface area contributed by atoms with Gasteiger partial charge >= 0.3 is 0 Å². The SMILES string of the molecule is NC(=O)C(CC(=O)NO)CC1CCCC1. The highest BCUT2D eigenvalue weighted by molar-refractivity contribution is 5.84. The summed E-state index contributed by atoms with van der Waals surface area (Å²) in [6.07, 6.45) is 5.28. The number of nitrogens with one attached hydrogen (secondary N) is 1. The summed E-state index contributed by atoms with van der Waals surface area (Å²) in [5, 5.41) is 8.37. The molecule has 15 heavy (non-hydrogen) atoms. The summed E-state index contributed by atoms with van der Waals surface area (Å²) in [5.74, 6) is -0.934. The van der Waals surface area contributed by atoms with Crippen molar-refractivity contribution in [2.24, 2.45) is 17.6 Å². The quantitative estimate of drug-likeness (QED) is 0.461. The highest BCUT2D eigenvalue weighted by Gasteiger charge is 2.25. The Morgan fingerprint density at radius 3 is 2.47 bits per heavy atom. The zero-order valence-electron chi connectivity index (χ0n) is 8.74. The minimum absolute atomic E-state index is 0.0116. The van der Waals surface area contributed by atoms with Gasteiger partial charge in [0.25, 0.3) is 0 Å². The zero-order valence-corrected chi connectivity index (χ0v) is 8.74. The topological polar surface area (TPSA) is 92.4 Å². The Hall–Kier alpha value is -1.10. The molecule has 1 rings (SSSR count). The molecule has 1 saturated carbocycles. The Morgan fingerprint density at radius 1 is 1.40 bits per heavy atom. The maximum absolute atomic E-state index is 11.1. The molecule has 86 valence electrons. The highest BCUT2D eigenvalue weighted by atomic mass is 16.5. The van der Waals surface area contributed by atoms with Gasteiger partial charge in [-0.2, -0.15) is 0 Å². The summed E-state index contributed by atoms with van der Waals surface area (Å²) in [6, 6.07) is 0. The van der Waals surface area contributed by atoms with E-state index in [0.29, 0.717) is 12.3 Å². The number of hydroxylamine groups is 1. The van der Waals surface area contributed by atoms with E-state index in [4.69, 9.17) is 10.9 Å². The molecule has 5 heteroatoms. The van der Waals surface area contributed by atoms with E-state index in [1.165, 1.54) is 18.3 Å². The van der Waals surface area contributed by atoms with Gasteiger partial charge in [0.1, 0.15) is 0 Å². The van der Waals surface area contributed by atoms with Crippen LogP contribution in [0.2, 0.25) is 0 Å². The minimum Gasteiger partial charge on any atom is -0.369 e. The number of hydrogen-bond acceptors (Lipinski definition) is 3. The van der Waals surface area contributed by atoms with Crippen molar-refractivity contribution in [2.45, 2.75) is 38.5 Å². The second kappa shape index (κ2) is 5.70. The van der Waals surface area contributed by atoms with E-state index in [0.717, 1.165) is 12.8 Å². The minimum atomic E-state index is -0.545. The molecular formula is C10H18N2O3. The molecule has 2 amide bonds. The van der Waals surface area contributed by atoms with E-state index in [1.807, 2.05) is 0 Å². The number of carbonyl (C=O) groups is 2. The number of nitrogens with two attached hydrogens (primary N) is 1. The fourth-order valence-electron chi connectivity index (χ4n) is 2.22.